The van der Waals surface area contributed by atoms with E-state index in [1.165, 1.54) is 10.4 Å². The van der Waals surface area contributed by atoms with E-state index in [9.17, 15) is 14.7 Å². The average Bonchev–Trinajstić information content (AvgIpc) is 3.42. The summed E-state index contributed by atoms with van der Waals surface area (Å²) in [4.78, 5) is 28.6. The first-order valence-corrected chi connectivity index (χ1v) is 14.8. The van der Waals surface area contributed by atoms with Crippen molar-refractivity contribution in [2.45, 2.75) is 58.3 Å². The molecule has 4 aromatic rings. The van der Waals surface area contributed by atoms with Crippen LogP contribution in [-0.2, 0) is 6.42 Å². The number of aliphatic hydroxyl groups excluding tert-OH is 1. The van der Waals surface area contributed by atoms with Crippen LogP contribution in [0.4, 0.5) is 0 Å². The highest BCUT2D eigenvalue weighted by atomic mass is 32.1. The zero-order valence-corrected chi connectivity index (χ0v) is 24.9. The Kier molecular flexibility index (Phi) is 10.5. The van der Waals surface area contributed by atoms with Gasteiger partial charge in [-0.25, -0.2) is 0 Å². The van der Waals surface area contributed by atoms with Gasteiger partial charge in [-0.15, -0.1) is 11.3 Å². The van der Waals surface area contributed by atoms with Crippen LogP contribution in [0.3, 0.4) is 0 Å². The summed E-state index contributed by atoms with van der Waals surface area (Å²) >= 11 is 1.65. The van der Waals surface area contributed by atoms with Crippen LogP contribution in [0.15, 0.2) is 91.0 Å². The molecule has 7 heteroatoms. The number of carbonyl (C=O) groups excluding carboxylic acids is 2. The Hall–Kier alpha value is -3.78. The van der Waals surface area contributed by atoms with Gasteiger partial charge in [-0.3, -0.25) is 9.59 Å². The molecule has 6 nitrogen and oxygen atoms in total. The Labute approximate surface area is 246 Å². The van der Waals surface area contributed by atoms with E-state index < -0.39 is 12.1 Å². The first-order valence-electron chi connectivity index (χ1n) is 14.0. The van der Waals surface area contributed by atoms with Crippen LogP contribution in [-0.4, -0.2) is 35.6 Å². The Morgan fingerprint density at radius 1 is 0.780 bits per heavy atom. The van der Waals surface area contributed by atoms with Crippen LogP contribution in [0.1, 0.15) is 73.1 Å². The lowest BCUT2D eigenvalue weighted by Gasteiger charge is -2.26. The molecule has 0 radical (unpaired) electrons. The fraction of sp³-hybridized carbons (Fsp3) is 0.294. The summed E-state index contributed by atoms with van der Waals surface area (Å²) < 4.78 is 0. The number of hydrogen-bond acceptors (Lipinski definition) is 5. The number of nitrogens with one attached hydrogen (secondary N) is 3. The molecule has 0 fully saturated rings. The number of aryl methyl sites for hydroxylation is 2. The molecule has 214 valence electrons. The molecule has 0 saturated heterocycles. The first kappa shape index (κ1) is 30.2. The second kappa shape index (κ2) is 14.2. The third kappa shape index (κ3) is 8.60. The van der Waals surface area contributed by atoms with E-state index in [2.05, 4.69) is 54.1 Å². The molecule has 0 aliphatic rings. The van der Waals surface area contributed by atoms with Crippen molar-refractivity contribution in [3.8, 4) is 0 Å². The number of benzene rings is 3. The molecule has 41 heavy (non-hydrogen) atoms. The maximum absolute atomic E-state index is 13.4. The molecule has 3 aromatic carbocycles. The van der Waals surface area contributed by atoms with E-state index in [0.29, 0.717) is 24.1 Å². The van der Waals surface area contributed by atoms with Gasteiger partial charge in [0.15, 0.2) is 0 Å². The van der Waals surface area contributed by atoms with E-state index in [-0.39, 0.29) is 23.9 Å². The number of carbonyl (C=O) groups is 2. The van der Waals surface area contributed by atoms with E-state index in [4.69, 9.17) is 0 Å². The van der Waals surface area contributed by atoms with Crippen LogP contribution >= 0.6 is 11.3 Å². The van der Waals surface area contributed by atoms with Gasteiger partial charge in [-0.1, -0.05) is 66.2 Å². The minimum absolute atomic E-state index is 0.0361. The lowest BCUT2D eigenvalue weighted by molar-refractivity contribution is 0.0825. The van der Waals surface area contributed by atoms with Gasteiger partial charge in [0.25, 0.3) is 11.8 Å². The monoisotopic (exact) mass is 569 g/mol. The Balaban J connectivity index is 1.43. The second-order valence-corrected chi connectivity index (χ2v) is 11.9. The predicted octanol–water partition coefficient (Wildman–Crippen LogP) is 5.91. The van der Waals surface area contributed by atoms with Crippen molar-refractivity contribution in [2.24, 2.45) is 0 Å². The SMILES string of the molecule is Cc1ccc([C@@H](C)NC[C@@H](O)[C@H](Cc2ccccc2)NC(=O)c2cccc(C(=O)NC(C)c3ccc(C)s3)c2)cc1. The molecule has 2 amide bonds. The molecule has 1 aromatic heterocycles. The molecule has 0 saturated carbocycles. The van der Waals surface area contributed by atoms with Crippen molar-refractivity contribution >= 4 is 23.2 Å². The first-order chi connectivity index (χ1) is 19.7. The molecule has 0 spiro atoms. The summed E-state index contributed by atoms with van der Waals surface area (Å²) in [5.74, 6) is -0.582. The van der Waals surface area contributed by atoms with Crippen molar-refractivity contribution in [3.63, 3.8) is 0 Å². The van der Waals surface area contributed by atoms with Gasteiger partial charge < -0.3 is 21.1 Å². The molecule has 4 rings (SSSR count). The van der Waals surface area contributed by atoms with Gasteiger partial charge in [0.2, 0.25) is 0 Å². The number of rotatable bonds is 12. The minimum Gasteiger partial charge on any atom is -0.390 e. The molecule has 0 aliphatic carbocycles. The highest BCUT2D eigenvalue weighted by molar-refractivity contribution is 7.12. The fourth-order valence-corrected chi connectivity index (χ4v) is 5.53. The maximum atomic E-state index is 13.4. The summed E-state index contributed by atoms with van der Waals surface area (Å²) in [6, 6.07) is 28.2. The van der Waals surface area contributed by atoms with Crippen LogP contribution in [0, 0.1) is 13.8 Å². The largest absolute Gasteiger partial charge is 0.390 e. The van der Waals surface area contributed by atoms with Gasteiger partial charge in [-0.05, 0) is 75.6 Å². The van der Waals surface area contributed by atoms with E-state index >= 15 is 0 Å². The zero-order chi connectivity index (χ0) is 29.4. The highest BCUT2D eigenvalue weighted by Gasteiger charge is 2.24. The van der Waals surface area contributed by atoms with Crippen LogP contribution in [0.5, 0.6) is 0 Å². The van der Waals surface area contributed by atoms with Crippen molar-refractivity contribution in [3.05, 3.63) is 129 Å². The molecule has 4 N–H and O–H groups in total. The maximum Gasteiger partial charge on any atom is 0.251 e. The summed E-state index contributed by atoms with van der Waals surface area (Å²) in [5.41, 5.74) is 4.11. The van der Waals surface area contributed by atoms with Crippen molar-refractivity contribution < 1.29 is 14.7 Å². The summed E-state index contributed by atoms with van der Waals surface area (Å²) in [5, 5.41) is 20.7. The van der Waals surface area contributed by atoms with Crippen molar-refractivity contribution in [2.75, 3.05) is 6.54 Å². The average molecular weight is 570 g/mol. The zero-order valence-electron chi connectivity index (χ0n) is 24.1. The molecule has 1 heterocycles. The quantitative estimate of drug-likeness (QED) is 0.171. The van der Waals surface area contributed by atoms with E-state index in [0.717, 1.165) is 16.0 Å². The minimum atomic E-state index is -0.839. The van der Waals surface area contributed by atoms with Gasteiger partial charge in [0, 0.05) is 33.5 Å². The van der Waals surface area contributed by atoms with Crippen LogP contribution in [0.2, 0.25) is 0 Å². The second-order valence-electron chi connectivity index (χ2n) is 10.6. The summed E-state index contributed by atoms with van der Waals surface area (Å²) in [6.45, 7) is 8.39. The number of amides is 2. The predicted molar refractivity (Wildman–Crippen MR) is 166 cm³/mol. The number of thiophene rings is 1. The Bertz CT molecular complexity index is 1440. The highest BCUT2D eigenvalue weighted by Crippen LogP contribution is 2.23. The Morgan fingerprint density at radius 3 is 2.07 bits per heavy atom. The lowest BCUT2D eigenvalue weighted by Crippen LogP contribution is -2.49. The van der Waals surface area contributed by atoms with E-state index in [1.807, 2.05) is 56.3 Å². The van der Waals surface area contributed by atoms with Gasteiger partial charge in [0.1, 0.15) is 0 Å². The van der Waals surface area contributed by atoms with Gasteiger partial charge in [0.05, 0.1) is 18.2 Å². The third-order valence-corrected chi connectivity index (χ3v) is 8.40. The third-order valence-electron chi connectivity index (χ3n) is 7.21. The number of hydrogen-bond donors (Lipinski definition) is 4. The Morgan fingerprint density at radius 2 is 1.44 bits per heavy atom. The van der Waals surface area contributed by atoms with Crippen LogP contribution in [0.25, 0.3) is 0 Å². The molecular weight excluding hydrogens is 530 g/mol. The topological polar surface area (TPSA) is 90.5 Å². The van der Waals surface area contributed by atoms with Crippen molar-refractivity contribution in [1.82, 2.24) is 16.0 Å². The summed E-state index contributed by atoms with van der Waals surface area (Å²) in [7, 11) is 0. The molecular formula is C34H39N3O3S. The molecule has 0 aliphatic heterocycles. The standard InChI is InChI=1S/C34H39N3O3S/c1-22-13-16-27(17-14-22)24(3)35-21-31(38)30(19-26-9-6-5-7-10-26)37-34(40)29-12-8-11-28(20-29)33(39)36-25(4)32-18-15-23(2)41-32/h5-18,20,24-25,30-31,35,38H,19,21H2,1-4H3,(H,36,39)(H,37,40)/t24-,25?,30+,31-/m1/s1. The van der Waals surface area contributed by atoms with Gasteiger partial charge in [-0.2, -0.15) is 0 Å². The van der Waals surface area contributed by atoms with Gasteiger partial charge >= 0.3 is 0 Å². The summed E-state index contributed by atoms with van der Waals surface area (Å²) in [6.07, 6.45) is -0.375. The molecule has 0 bridgehead atoms. The normalized spacial score (nSPS) is 14.1. The van der Waals surface area contributed by atoms with Crippen molar-refractivity contribution in [1.29, 1.82) is 0 Å². The molecule has 1 unspecified atom stereocenters. The van der Waals surface area contributed by atoms with E-state index in [1.54, 1.807) is 35.6 Å². The fourth-order valence-electron chi connectivity index (χ4n) is 4.65. The van der Waals surface area contributed by atoms with Crippen LogP contribution < -0.4 is 16.0 Å². The smallest absolute Gasteiger partial charge is 0.251 e. The lowest BCUT2D eigenvalue weighted by atomic mass is 9.99. The molecule has 4 atom stereocenters. The number of aliphatic hydroxyl groups is 1.